The number of aromatic nitrogens is 1. The Morgan fingerprint density at radius 2 is 1.83 bits per heavy atom. The molecule has 3 aliphatic carbocycles. The van der Waals surface area contributed by atoms with Gasteiger partial charge in [0.05, 0.1) is 23.2 Å². The highest BCUT2D eigenvalue weighted by molar-refractivity contribution is 7.99. The van der Waals surface area contributed by atoms with Gasteiger partial charge in [-0.25, -0.2) is 4.98 Å². The second-order valence-electron chi connectivity index (χ2n) is 12.4. The number of hydrogen-bond donors (Lipinski definition) is 2. The summed E-state index contributed by atoms with van der Waals surface area (Å²) in [5, 5.41) is 22.6. The first-order chi connectivity index (χ1) is 20.3. The highest BCUT2D eigenvalue weighted by Gasteiger charge is 2.77. The lowest BCUT2D eigenvalue weighted by Gasteiger charge is -2.23. The Bertz CT molecular complexity index is 1690. The third-order valence-corrected chi connectivity index (χ3v) is 11.3. The van der Waals surface area contributed by atoms with Gasteiger partial charge in [0.2, 0.25) is 0 Å². The van der Waals surface area contributed by atoms with E-state index in [0.717, 1.165) is 65.6 Å². The van der Waals surface area contributed by atoms with E-state index in [1.54, 1.807) is 0 Å². The van der Waals surface area contributed by atoms with Crippen LogP contribution in [0.2, 0.25) is 5.02 Å². The van der Waals surface area contributed by atoms with Crippen molar-refractivity contribution in [1.29, 1.82) is 0 Å². The molecule has 0 radical (unpaired) electrons. The molecule has 3 aromatic carbocycles. The standard InChI is InChI=1S/C36H34ClNO3S/c37-27-12-9-25-10-14-28(38-32(25)19-27)13-8-23-4-3-6-26(18-23)33(42-22-35(16-17-35)21-34(39)40)15-11-24-5-1-2-7-29(24)36(41)30-20-31(30)36/h1-10,12-14,18-19,30-31,33,41H,11,15-17,20-22H2,(H,39,40)/b13-8+/t30?,31?,33-,36?/m1/s1. The predicted octanol–water partition coefficient (Wildman–Crippen LogP) is 8.56. The Labute approximate surface area is 255 Å². The van der Waals surface area contributed by atoms with Crippen LogP contribution in [0.25, 0.3) is 23.1 Å². The molecule has 7 rings (SSSR count). The zero-order valence-electron chi connectivity index (χ0n) is 23.4. The summed E-state index contributed by atoms with van der Waals surface area (Å²) in [5.74, 6) is 1.05. The fourth-order valence-corrected chi connectivity index (χ4v) is 8.20. The smallest absolute Gasteiger partial charge is 0.303 e. The maximum absolute atomic E-state index is 11.5. The van der Waals surface area contributed by atoms with Gasteiger partial charge in [0.15, 0.2) is 0 Å². The van der Waals surface area contributed by atoms with Crippen LogP contribution in [0.15, 0.2) is 78.9 Å². The number of benzene rings is 3. The summed E-state index contributed by atoms with van der Waals surface area (Å²) >= 11 is 8.07. The minimum atomic E-state index is -0.702. The Morgan fingerprint density at radius 1 is 1.02 bits per heavy atom. The number of aliphatic hydroxyl groups is 1. The summed E-state index contributed by atoms with van der Waals surface area (Å²) in [6.07, 6.45) is 9.32. The first kappa shape index (κ1) is 27.7. The normalized spacial score (nSPS) is 24.0. The summed E-state index contributed by atoms with van der Waals surface area (Å²) in [7, 11) is 0. The summed E-state index contributed by atoms with van der Waals surface area (Å²) < 4.78 is 0. The first-order valence-electron chi connectivity index (χ1n) is 14.8. The number of thioether (sulfide) groups is 1. The summed E-state index contributed by atoms with van der Waals surface area (Å²) in [6.45, 7) is 0. The van der Waals surface area contributed by atoms with E-state index < -0.39 is 11.6 Å². The number of hydrogen-bond acceptors (Lipinski definition) is 4. The Hall–Kier alpha value is -3.12. The van der Waals surface area contributed by atoms with Gasteiger partial charge in [0.25, 0.3) is 0 Å². The van der Waals surface area contributed by atoms with Crippen molar-refractivity contribution in [3.05, 3.63) is 112 Å². The van der Waals surface area contributed by atoms with Crippen molar-refractivity contribution in [1.82, 2.24) is 4.98 Å². The van der Waals surface area contributed by atoms with E-state index in [2.05, 4.69) is 54.6 Å². The lowest BCUT2D eigenvalue weighted by Crippen LogP contribution is -2.18. The molecule has 3 saturated carbocycles. The van der Waals surface area contributed by atoms with Crippen LogP contribution in [0.1, 0.15) is 65.3 Å². The molecule has 0 bridgehead atoms. The van der Waals surface area contributed by atoms with Crippen LogP contribution < -0.4 is 0 Å². The third-order valence-electron chi connectivity index (χ3n) is 9.42. The van der Waals surface area contributed by atoms with Gasteiger partial charge in [-0.2, -0.15) is 11.8 Å². The molecule has 4 nitrogen and oxygen atoms in total. The maximum Gasteiger partial charge on any atom is 0.303 e. The van der Waals surface area contributed by atoms with Crippen LogP contribution in [0.5, 0.6) is 0 Å². The fourth-order valence-electron chi connectivity index (χ4n) is 6.47. The van der Waals surface area contributed by atoms with Crippen LogP contribution >= 0.6 is 23.4 Å². The Balaban J connectivity index is 1.11. The lowest BCUT2D eigenvalue weighted by molar-refractivity contribution is -0.138. The first-order valence-corrected chi connectivity index (χ1v) is 16.2. The van der Waals surface area contributed by atoms with Gasteiger partial charge in [-0.15, -0.1) is 0 Å². The molecule has 3 atom stereocenters. The predicted molar refractivity (Wildman–Crippen MR) is 171 cm³/mol. The van der Waals surface area contributed by atoms with E-state index in [1.165, 1.54) is 11.1 Å². The van der Waals surface area contributed by atoms with Crippen molar-refractivity contribution < 1.29 is 15.0 Å². The van der Waals surface area contributed by atoms with Crippen molar-refractivity contribution >= 4 is 52.4 Å². The molecule has 2 N–H and O–H groups in total. The maximum atomic E-state index is 11.5. The number of fused-ring (bicyclic) bond motifs is 2. The molecule has 0 amide bonds. The SMILES string of the molecule is O=C(O)CC1(CS[C@H](CCc2ccccc2C2(O)C3CC32)c2cccc(/C=C/c3ccc4ccc(Cl)cc4n3)c2)CC1. The van der Waals surface area contributed by atoms with Gasteiger partial charge < -0.3 is 10.2 Å². The lowest BCUT2D eigenvalue weighted by atomic mass is 9.90. The van der Waals surface area contributed by atoms with Gasteiger partial charge in [-0.05, 0) is 95.9 Å². The Kier molecular flexibility index (Phi) is 7.16. The summed E-state index contributed by atoms with van der Waals surface area (Å²) in [4.78, 5) is 16.3. The Morgan fingerprint density at radius 3 is 2.60 bits per heavy atom. The summed E-state index contributed by atoms with van der Waals surface area (Å²) in [5.41, 5.74) is 5.77. The van der Waals surface area contributed by atoms with E-state index in [1.807, 2.05) is 48.2 Å². The molecular formula is C36H34ClNO3S. The van der Waals surface area contributed by atoms with Crippen molar-refractivity contribution in [2.45, 2.75) is 49.4 Å². The van der Waals surface area contributed by atoms with Gasteiger partial charge in [0, 0.05) is 21.4 Å². The summed E-state index contributed by atoms with van der Waals surface area (Å²) in [6, 6.07) is 26.9. The van der Waals surface area contributed by atoms with Crippen LogP contribution in [-0.2, 0) is 16.8 Å². The second kappa shape index (κ2) is 10.9. The van der Waals surface area contributed by atoms with Crippen LogP contribution in [0, 0.1) is 17.3 Å². The molecule has 1 heterocycles. The van der Waals surface area contributed by atoms with Gasteiger partial charge in [-0.1, -0.05) is 78.3 Å². The van der Waals surface area contributed by atoms with Crippen LogP contribution in [0.3, 0.4) is 0 Å². The number of nitrogens with zero attached hydrogens (tertiary/aromatic N) is 1. The molecule has 1 aromatic heterocycles. The molecule has 42 heavy (non-hydrogen) atoms. The molecule has 6 heteroatoms. The number of aryl methyl sites for hydroxylation is 1. The van der Waals surface area contributed by atoms with Gasteiger partial charge in [0.1, 0.15) is 0 Å². The highest BCUT2D eigenvalue weighted by atomic mass is 35.5. The number of halogens is 1. The third kappa shape index (κ3) is 5.62. The number of carbonyl (C=O) groups is 1. The van der Waals surface area contributed by atoms with Crippen molar-refractivity contribution in [2.75, 3.05) is 5.75 Å². The number of pyridine rings is 1. The topological polar surface area (TPSA) is 70.4 Å². The average Bonchev–Trinajstić information content (AvgIpc) is 3.92. The van der Waals surface area contributed by atoms with E-state index in [0.29, 0.717) is 16.9 Å². The van der Waals surface area contributed by atoms with Crippen molar-refractivity contribution in [3.8, 4) is 0 Å². The van der Waals surface area contributed by atoms with Gasteiger partial charge in [-0.3, -0.25) is 4.79 Å². The van der Waals surface area contributed by atoms with Crippen LogP contribution in [-0.4, -0.2) is 26.9 Å². The molecule has 0 saturated heterocycles. The van der Waals surface area contributed by atoms with E-state index >= 15 is 0 Å². The van der Waals surface area contributed by atoms with Gasteiger partial charge >= 0.3 is 5.97 Å². The zero-order chi connectivity index (χ0) is 28.9. The molecule has 3 fully saturated rings. The second-order valence-corrected chi connectivity index (χ2v) is 14.0. The molecule has 4 aromatic rings. The fraction of sp³-hybridized carbons (Fsp3) is 0.333. The van der Waals surface area contributed by atoms with E-state index in [4.69, 9.17) is 16.6 Å². The minimum absolute atomic E-state index is 0.0702. The number of carboxylic acids is 1. The number of aliphatic carboxylic acids is 1. The molecular weight excluding hydrogens is 562 g/mol. The van der Waals surface area contributed by atoms with Crippen molar-refractivity contribution in [2.24, 2.45) is 17.3 Å². The highest BCUT2D eigenvalue weighted by Crippen LogP contribution is 2.76. The zero-order valence-corrected chi connectivity index (χ0v) is 25.0. The number of carboxylic acid groups (broad SMARTS) is 1. The molecule has 3 aliphatic rings. The quantitative estimate of drug-likeness (QED) is 0.172. The van der Waals surface area contributed by atoms with E-state index in [-0.39, 0.29) is 17.1 Å². The largest absolute Gasteiger partial charge is 0.481 e. The van der Waals surface area contributed by atoms with Crippen molar-refractivity contribution in [3.63, 3.8) is 0 Å². The minimum Gasteiger partial charge on any atom is -0.481 e. The van der Waals surface area contributed by atoms with E-state index in [9.17, 15) is 15.0 Å². The molecule has 214 valence electrons. The molecule has 0 aliphatic heterocycles. The monoisotopic (exact) mass is 595 g/mol. The molecule has 2 unspecified atom stereocenters. The molecule has 0 spiro atoms. The average molecular weight is 596 g/mol. The number of rotatable bonds is 12. The van der Waals surface area contributed by atoms with Crippen LogP contribution in [0.4, 0.5) is 0 Å².